The van der Waals surface area contributed by atoms with E-state index in [-0.39, 0.29) is 17.5 Å². The minimum atomic E-state index is -0.559. The second-order valence-corrected chi connectivity index (χ2v) is 8.22. The maximum Gasteiger partial charge on any atom is 0.310 e. The van der Waals surface area contributed by atoms with Crippen molar-refractivity contribution in [1.29, 1.82) is 0 Å². The van der Waals surface area contributed by atoms with Gasteiger partial charge in [-0.05, 0) is 37.1 Å². The molecule has 1 amide bonds. The molecule has 4 rings (SSSR count). The number of carbonyl (C=O) groups excluding carboxylic acids is 2. The molecule has 0 radical (unpaired) electrons. The van der Waals surface area contributed by atoms with Crippen LogP contribution in [0.15, 0.2) is 48.5 Å². The predicted molar refractivity (Wildman–Crippen MR) is 110 cm³/mol. The van der Waals surface area contributed by atoms with Gasteiger partial charge in [0.25, 0.3) is 5.91 Å². The van der Waals surface area contributed by atoms with E-state index >= 15 is 0 Å². The summed E-state index contributed by atoms with van der Waals surface area (Å²) >= 11 is 1.61. The molecule has 2 aromatic carbocycles. The number of aromatic nitrogens is 1. The zero-order valence-electron chi connectivity index (χ0n) is 15.8. The van der Waals surface area contributed by atoms with Crippen molar-refractivity contribution in [3.05, 3.63) is 59.4 Å². The van der Waals surface area contributed by atoms with Gasteiger partial charge in [0.1, 0.15) is 5.82 Å². The van der Waals surface area contributed by atoms with Gasteiger partial charge in [0.15, 0.2) is 6.61 Å². The Morgan fingerprint density at radius 1 is 1.10 bits per heavy atom. The summed E-state index contributed by atoms with van der Waals surface area (Å²) in [5.74, 6) is -1.79. The van der Waals surface area contributed by atoms with E-state index in [0.29, 0.717) is 6.42 Å². The van der Waals surface area contributed by atoms with E-state index in [1.165, 1.54) is 18.2 Å². The molecule has 1 N–H and O–H groups in total. The number of rotatable bonds is 5. The van der Waals surface area contributed by atoms with Gasteiger partial charge in [0, 0.05) is 5.92 Å². The number of anilines is 1. The summed E-state index contributed by atoms with van der Waals surface area (Å²) in [5, 5.41) is 3.38. The Balaban J connectivity index is 1.41. The number of ether oxygens (including phenoxy) is 1. The number of halogens is 1. The highest BCUT2D eigenvalue weighted by atomic mass is 32.1. The van der Waals surface area contributed by atoms with E-state index in [2.05, 4.69) is 5.32 Å². The van der Waals surface area contributed by atoms with Crippen LogP contribution in [0.2, 0.25) is 0 Å². The minimum Gasteiger partial charge on any atom is -0.455 e. The molecule has 3 aromatic rings. The topological polar surface area (TPSA) is 68.3 Å². The molecule has 29 heavy (non-hydrogen) atoms. The first-order valence-electron chi connectivity index (χ1n) is 9.68. The van der Waals surface area contributed by atoms with Crippen LogP contribution < -0.4 is 5.32 Å². The van der Waals surface area contributed by atoms with Crippen molar-refractivity contribution in [3.8, 4) is 0 Å². The summed E-state index contributed by atoms with van der Waals surface area (Å²) in [7, 11) is 0. The summed E-state index contributed by atoms with van der Waals surface area (Å²) in [6, 6.07) is 13.8. The number of thiazole rings is 1. The Bertz CT molecular complexity index is 1000. The molecule has 0 saturated heterocycles. The number of fused-ring (bicyclic) bond motifs is 1. The lowest BCUT2D eigenvalue weighted by atomic mass is 9.79. The second kappa shape index (κ2) is 8.69. The van der Waals surface area contributed by atoms with E-state index < -0.39 is 24.3 Å². The lowest BCUT2D eigenvalue weighted by Gasteiger charge is -2.28. The number of hydrogen-bond donors (Lipinski definition) is 1. The number of hydrogen-bond acceptors (Lipinski definition) is 5. The molecule has 0 bridgehead atoms. The Labute approximate surface area is 171 Å². The summed E-state index contributed by atoms with van der Waals surface area (Å²) in [4.78, 5) is 29.5. The van der Waals surface area contributed by atoms with Crippen LogP contribution in [-0.4, -0.2) is 23.5 Å². The van der Waals surface area contributed by atoms with E-state index in [0.717, 1.165) is 34.5 Å². The van der Waals surface area contributed by atoms with Crippen molar-refractivity contribution < 1.29 is 18.7 Å². The van der Waals surface area contributed by atoms with Crippen molar-refractivity contribution in [2.24, 2.45) is 5.92 Å². The number of benzene rings is 2. The van der Waals surface area contributed by atoms with Crippen LogP contribution in [0, 0.1) is 11.7 Å². The Kier molecular flexibility index (Phi) is 5.85. The zero-order chi connectivity index (χ0) is 20.2. The number of nitrogens with one attached hydrogen (secondary N) is 1. The summed E-state index contributed by atoms with van der Waals surface area (Å²) in [6.45, 7) is -0.434. The molecular formula is C22H21FN2O3S. The molecule has 150 valence electrons. The van der Waals surface area contributed by atoms with E-state index in [1.54, 1.807) is 17.4 Å². The number of amides is 1. The third-order valence-electron chi connectivity index (χ3n) is 5.19. The zero-order valence-corrected chi connectivity index (χ0v) is 16.6. The average molecular weight is 412 g/mol. The fourth-order valence-corrected chi connectivity index (χ4v) is 4.92. The van der Waals surface area contributed by atoms with Crippen LogP contribution in [0.1, 0.15) is 36.6 Å². The monoisotopic (exact) mass is 412 g/mol. The van der Waals surface area contributed by atoms with Crippen LogP contribution in [0.4, 0.5) is 10.1 Å². The van der Waals surface area contributed by atoms with Gasteiger partial charge in [-0.1, -0.05) is 37.1 Å². The molecule has 1 heterocycles. The highest BCUT2D eigenvalue weighted by molar-refractivity contribution is 7.18. The number of carbonyl (C=O) groups is 2. The lowest BCUT2D eigenvalue weighted by molar-refractivity contribution is -0.153. The molecule has 0 unspecified atom stereocenters. The van der Waals surface area contributed by atoms with Gasteiger partial charge < -0.3 is 10.1 Å². The largest absolute Gasteiger partial charge is 0.455 e. The summed E-state index contributed by atoms with van der Waals surface area (Å²) < 4.78 is 20.0. The predicted octanol–water partition coefficient (Wildman–Crippen LogP) is 4.89. The molecule has 0 aliphatic heterocycles. The molecular weight excluding hydrogens is 391 g/mol. The highest BCUT2D eigenvalue weighted by Crippen LogP contribution is 2.41. The Morgan fingerprint density at radius 3 is 2.69 bits per heavy atom. The van der Waals surface area contributed by atoms with Crippen LogP contribution in [0.5, 0.6) is 0 Å². The molecule has 1 aromatic heterocycles. The fraction of sp³-hybridized carbons (Fsp3) is 0.318. The van der Waals surface area contributed by atoms with E-state index in [1.807, 2.05) is 24.3 Å². The van der Waals surface area contributed by atoms with E-state index in [9.17, 15) is 14.0 Å². The maximum absolute atomic E-state index is 13.6. The van der Waals surface area contributed by atoms with Crippen molar-refractivity contribution in [1.82, 2.24) is 4.98 Å². The van der Waals surface area contributed by atoms with Gasteiger partial charge >= 0.3 is 5.97 Å². The summed E-state index contributed by atoms with van der Waals surface area (Å²) in [5.41, 5.74) is 1.01. The highest BCUT2D eigenvalue weighted by Gasteiger charge is 2.35. The van der Waals surface area contributed by atoms with Crippen LogP contribution in [0.25, 0.3) is 10.2 Å². The second-order valence-electron chi connectivity index (χ2n) is 7.15. The normalized spacial score (nSPS) is 19.1. The van der Waals surface area contributed by atoms with Crippen LogP contribution in [0.3, 0.4) is 0 Å². The molecule has 5 nitrogen and oxygen atoms in total. The molecule has 1 saturated carbocycles. The SMILES string of the molecule is O=C(COC(=O)[C@H]1CCCC[C@@H]1c1nc2ccccc2s1)Nc1ccccc1F. The quantitative estimate of drug-likeness (QED) is 0.606. The number of para-hydroxylation sites is 2. The van der Waals surface area contributed by atoms with Gasteiger partial charge in [-0.25, -0.2) is 9.37 Å². The molecule has 7 heteroatoms. The maximum atomic E-state index is 13.6. The van der Waals surface area contributed by atoms with Crippen molar-refractivity contribution in [2.75, 3.05) is 11.9 Å². The van der Waals surface area contributed by atoms with Gasteiger partial charge in [-0.2, -0.15) is 0 Å². The van der Waals surface area contributed by atoms with E-state index in [4.69, 9.17) is 9.72 Å². The lowest BCUT2D eigenvalue weighted by Crippen LogP contribution is -2.30. The van der Waals surface area contributed by atoms with Gasteiger partial charge in [0.05, 0.1) is 26.8 Å². The molecule has 1 aliphatic carbocycles. The van der Waals surface area contributed by atoms with Gasteiger partial charge in [-0.15, -0.1) is 11.3 Å². The molecule has 2 atom stereocenters. The number of nitrogens with zero attached hydrogens (tertiary/aromatic N) is 1. The molecule has 1 fully saturated rings. The molecule has 0 spiro atoms. The van der Waals surface area contributed by atoms with Gasteiger partial charge in [-0.3, -0.25) is 9.59 Å². The minimum absolute atomic E-state index is 0.00304. The molecule has 1 aliphatic rings. The average Bonchev–Trinajstić information content (AvgIpc) is 3.18. The standard InChI is InChI=1S/C22H21FN2O3S/c23-16-9-3-4-10-17(16)24-20(26)13-28-22(27)15-8-2-1-7-14(15)21-25-18-11-5-6-12-19(18)29-21/h3-6,9-12,14-15H,1-2,7-8,13H2,(H,24,26)/t14-,15-/m0/s1. The van der Waals surface area contributed by atoms with Crippen LogP contribution in [-0.2, 0) is 14.3 Å². The third-order valence-corrected chi connectivity index (χ3v) is 6.36. The van der Waals surface area contributed by atoms with Crippen LogP contribution >= 0.6 is 11.3 Å². The fourth-order valence-electron chi connectivity index (χ4n) is 3.75. The third kappa shape index (κ3) is 4.45. The first-order chi connectivity index (χ1) is 14.1. The first kappa shape index (κ1) is 19.5. The van der Waals surface area contributed by atoms with Crippen molar-refractivity contribution in [3.63, 3.8) is 0 Å². The van der Waals surface area contributed by atoms with Gasteiger partial charge in [0.2, 0.25) is 0 Å². The summed E-state index contributed by atoms with van der Waals surface area (Å²) in [6.07, 6.45) is 3.58. The van der Waals surface area contributed by atoms with Crippen molar-refractivity contribution >= 4 is 39.1 Å². The Hall–Kier alpha value is -2.80. The first-order valence-corrected chi connectivity index (χ1v) is 10.5. The van der Waals surface area contributed by atoms with Crippen molar-refractivity contribution in [2.45, 2.75) is 31.6 Å². The Morgan fingerprint density at radius 2 is 1.86 bits per heavy atom. The number of esters is 1. The smallest absolute Gasteiger partial charge is 0.310 e.